The maximum atomic E-state index is 6.61. The minimum Gasteiger partial charge on any atom is -0.497 e. The molecule has 0 amide bonds. The number of nitrogens with two attached hydrogens (primary N) is 1. The highest BCUT2D eigenvalue weighted by atomic mass is 16.5. The molecule has 108 valence electrons. The molecule has 1 aromatic heterocycles. The van der Waals surface area contributed by atoms with Gasteiger partial charge in [0.1, 0.15) is 5.75 Å². The Morgan fingerprint density at radius 2 is 2.00 bits per heavy atom. The Hall–Kier alpha value is -1.48. The molecule has 1 aliphatic rings. The lowest BCUT2D eigenvalue weighted by molar-refractivity contribution is 0.308. The van der Waals surface area contributed by atoms with Crippen LogP contribution in [0.3, 0.4) is 0 Å². The molecule has 0 radical (unpaired) electrons. The van der Waals surface area contributed by atoms with Gasteiger partial charge in [0, 0.05) is 22.6 Å². The molecule has 3 nitrogen and oxygen atoms in total. The number of benzene rings is 1. The molecule has 0 saturated heterocycles. The van der Waals surface area contributed by atoms with E-state index in [9.17, 15) is 0 Å². The molecule has 0 aliphatic heterocycles. The van der Waals surface area contributed by atoms with Crippen LogP contribution >= 0.6 is 0 Å². The molecular weight excluding hydrogens is 248 g/mol. The second-order valence-electron chi connectivity index (χ2n) is 6.00. The van der Waals surface area contributed by atoms with Gasteiger partial charge < -0.3 is 15.5 Å². The van der Waals surface area contributed by atoms with Crippen LogP contribution in [-0.4, -0.2) is 12.1 Å². The van der Waals surface area contributed by atoms with Crippen LogP contribution < -0.4 is 10.5 Å². The first-order valence-electron chi connectivity index (χ1n) is 7.62. The molecule has 3 rings (SSSR count). The Morgan fingerprint density at radius 3 is 2.70 bits per heavy atom. The molecule has 1 fully saturated rings. The van der Waals surface area contributed by atoms with E-state index in [2.05, 4.69) is 24.0 Å². The number of aromatic amines is 1. The summed E-state index contributed by atoms with van der Waals surface area (Å²) in [6, 6.07) is 6.32. The Bertz CT molecular complexity index is 596. The molecule has 1 aromatic carbocycles. The maximum absolute atomic E-state index is 6.61. The minimum absolute atomic E-state index is 0.135. The zero-order chi connectivity index (χ0) is 14.1. The summed E-state index contributed by atoms with van der Waals surface area (Å²) in [7, 11) is 1.71. The predicted octanol–water partition coefficient (Wildman–Crippen LogP) is 4.07. The molecule has 1 heterocycles. The third-order valence-corrected chi connectivity index (χ3v) is 4.73. The zero-order valence-electron chi connectivity index (χ0n) is 12.4. The summed E-state index contributed by atoms with van der Waals surface area (Å²) in [4.78, 5) is 3.46. The molecular formula is C17H24N2O. The van der Waals surface area contributed by atoms with Gasteiger partial charge in [-0.25, -0.2) is 0 Å². The van der Waals surface area contributed by atoms with Crippen molar-refractivity contribution in [2.75, 3.05) is 7.11 Å². The SMILES string of the molecule is COc1ccc2[nH]c(C)c(C(N)C3CCCCC3)c2c1. The number of fused-ring (bicyclic) bond motifs is 1. The maximum Gasteiger partial charge on any atom is 0.119 e. The smallest absolute Gasteiger partial charge is 0.119 e. The summed E-state index contributed by atoms with van der Waals surface area (Å²) in [6.45, 7) is 2.13. The summed E-state index contributed by atoms with van der Waals surface area (Å²) in [5.74, 6) is 1.52. The Kier molecular flexibility index (Phi) is 3.70. The van der Waals surface area contributed by atoms with Crippen LogP contribution in [0.15, 0.2) is 18.2 Å². The highest BCUT2D eigenvalue weighted by Gasteiger charge is 2.25. The minimum atomic E-state index is 0.135. The standard InChI is InChI=1S/C17H24N2O/c1-11-16(17(18)12-6-4-3-5-7-12)14-10-13(20-2)8-9-15(14)19-11/h8-10,12,17,19H,3-7,18H2,1-2H3. The van der Waals surface area contributed by atoms with E-state index in [1.165, 1.54) is 48.7 Å². The van der Waals surface area contributed by atoms with Gasteiger partial charge >= 0.3 is 0 Å². The molecule has 2 aromatic rings. The van der Waals surface area contributed by atoms with E-state index in [1.54, 1.807) is 7.11 Å². The van der Waals surface area contributed by atoms with Crippen molar-refractivity contribution in [3.8, 4) is 5.75 Å². The van der Waals surface area contributed by atoms with Crippen molar-refractivity contribution < 1.29 is 4.74 Å². The van der Waals surface area contributed by atoms with Gasteiger partial charge in [0.15, 0.2) is 0 Å². The van der Waals surface area contributed by atoms with Crippen LogP contribution in [0, 0.1) is 12.8 Å². The quantitative estimate of drug-likeness (QED) is 0.885. The molecule has 1 aliphatic carbocycles. The molecule has 3 N–H and O–H groups in total. The van der Waals surface area contributed by atoms with Crippen LogP contribution in [0.1, 0.15) is 49.4 Å². The van der Waals surface area contributed by atoms with E-state index in [4.69, 9.17) is 10.5 Å². The number of aryl methyl sites for hydroxylation is 1. The highest BCUT2D eigenvalue weighted by molar-refractivity contribution is 5.86. The van der Waals surface area contributed by atoms with Crippen LogP contribution in [0.25, 0.3) is 10.9 Å². The normalized spacial score (nSPS) is 18.4. The number of ether oxygens (including phenoxy) is 1. The van der Waals surface area contributed by atoms with Crippen molar-refractivity contribution in [1.82, 2.24) is 4.98 Å². The van der Waals surface area contributed by atoms with Crippen LogP contribution in [0.5, 0.6) is 5.75 Å². The fourth-order valence-corrected chi connectivity index (χ4v) is 3.61. The fraction of sp³-hybridized carbons (Fsp3) is 0.529. The number of hydrogen-bond acceptors (Lipinski definition) is 2. The summed E-state index contributed by atoms with van der Waals surface area (Å²) < 4.78 is 5.36. The van der Waals surface area contributed by atoms with Crippen molar-refractivity contribution in [3.05, 3.63) is 29.5 Å². The third kappa shape index (κ3) is 2.31. The van der Waals surface area contributed by atoms with Gasteiger partial charge in [0.05, 0.1) is 7.11 Å². The van der Waals surface area contributed by atoms with Gasteiger partial charge in [0.25, 0.3) is 0 Å². The van der Waals surface area contributed by atoms with Crippen molar-refractivity contribution in [2.45, 2.75) is 45.1 Å². The fourth-order valence-electron chi connectivity index (χ4n) is 3.61. The Morgan fingerprint density at radius 1 is 1.25 bits per heavy atom. The molecule has 1 unspecified atom stereocenters. The van der Waals surface area contributed by atoms with Crippen LogP contribution in [0.2, 0.25) is 0 Å². The number of aromatic nitrogens is 1. The van der Waals surface area contributed by atoms with E-state index < -0.39 is 0 Å². The Balaban J connectivity index is 2.02. The largest absolute Gasteiger partial charge is 0.497 e. The Labute approximate surface area is 120 Å². The highest BCUT2D eigenvalue weighted by Crippen LogP contribution is 2.38. The number of methoxy groups -OCH3 is 1. The molecule has 20 heavy (non-hydrogen) atoms. The lowest BCUT2D eigenvalue weighted by Gasteiger charge is -2.28. The van der Waals surface area contributed by atoms with E-state index in [0.717, 1.165) is 11.3 Å². The van der Waals surface area contributed by atoms with Gasteiger partial charge in [-0.05, 0) is 49.4 Å². The average molecular weight is 272 g/mol. The molecule has 1 saturated carbocycles. The first kappa shape index (κ1) is 13.5. The van der Waals surface area contributed by atoms with E-state index in [0.29, 0.717) is 5.92 Å². The van der Waals surface area contributed by atoms with Crippen molar-refractivity contribution in [2.24, 2.45) is 11.7 Å². The number of nitrogens with one attached hydrogen (secondary N) is 1. The van der Waals surface area contributed by atoms with Gasteiger partial charge in [-0.1, -0.05) is 19.3 Å². The van der Waals surface area contributed by atoms with Crippen LogP contribution in [0.4, 0.5) is 0 Å². The summed E-state index contributed by atoms with van der Waals surface area (Å²) >= 11 is 0. The first-order chi connectivity index (χ1) is 9.70. The van der Waals surface area contributed by atoms with E-state index in [1.807, 2.05) is 6.07 Å². The molecule has 3 heteroatoms. The molecule has 1 atom stereocenters. The van der Waals surface area contributed by atoms with Gasteiger partial charge in [0.2, 0.25) is 0 Å². The lowest BCUT2D eigenvalue weighted by Crippen LogP contribution is -2.24. The lowest BCUT2D eigenvalue weighted by atomic mass is 9.81. The molecule has 0 bridgehead atoms. The monoisotopic (exact) mass is 272 g/mol. The van der Waals surface area contributed by atoms with Crippen molar-refractivity contribution >= 4 is 10.9 Å². The van der Waals surface area contributed by atoms with E-state index >= 15 is 0 Å². The summed E-state index contributed by atoms with van der Waals surface area (Å²) in [5, 5.41) is 1.22. The molecule has 0 spiro atoms. The summed E-state index contributed by atoms with van der Waals surface area (Å²) in [6.07, 6.45) is 6.53. The van der Waals surface area contributed by atoms with E-state index in [-0.39, 0.29) is 6.04 Å². The van der Waals surface area contributed by atoms with Crippen LogP contribution in [-0.2, 0) is 0 Å². The second-order valence-corrected chi connectivity index (χ2v) is 6.00. The topological polar surface area (TPSA) is 51.0 Å². The third-order valence-electron chi connectivity index (χ3n) is 4.73. The predicted molar refractivity (Wildman–Crippen MR) is 83.1 cm³/mol. The van der Waals surface area contributed by atoms with Gasteiger partial charge in [-0.15, -0.1) is 0 Å². The van der Waals surface area contributed by atoms with Crippen molar-refractivity contribution in [1.29, 1.82) is 0 Å². The summed E-state index contributed by atoms with van der Waals surface area (Å²) in [5.41, 5.74) is 10.3. The number of rotatable bonds is 3. The first-order valence-corrected chi connectivity index (χ1v) is 7.62. The zero-order valence-corrected chi connectivity index (χ0v) is 12.4. The second kappa shape index (κ2) is 5.49. The van der Waals surface area contributed by atoms with Gasteiger partial charge in [-0.3, -0.25) is 0 Å². The van der Waals surface area contributed by atoms with Crippen molar-refractivity contribution in [3.63, 3.8) is 0 Å². The average Bonchev–Trinajstić information content (AvgIpc) is 2.82. The van der Waals surface area contributed by atoms with Gasteiger partial charge in [-0.2, -0.15) is 0 Å². The number of H-pyrrole nitrogens is 1. The number of hydrogen-bond donors (Lipinski definition) is 2.